The first kappa shape index (κ1) is 26.7. The monoisotopic (exact) mass is 535 g/mol. The van der Waals surface area contributed by atoms with Crippen LogP contribution in [0.1, 0.15) is 64.2 Å². The van der Waals surface area contributed by atoms with Crippen LogP contribution in [0.25, 0.3) is 10.4 Å². The van der Waals surface area contributed by atoms with Crippen molar-refractivity contribution in [2.45, 2.75) is 59.3 Å². The van der Waals surface area contributed by atoms with Crippen LogP contribution in [0.2, 0.25) is 0 Å². The Morgan fingerprint density at radius 2 is 1.42 bits per heavy atom. The van der Waals surface area contributed by atoms with E-state index < -0.39 is 5.92 Å². The molecular weight excluding hydrogens is 498 g/mol. The van der Waals surface area contributed by atoms with Crippen molar-refractivity contribution in [1.29, 1.82) is 0 Å². The van der Waals surface area contributed by atoms with E-state index in [0.717, 1.165) is 34.1 Å². The molecule has 1 aromatic heterocycles. The molecule has 0 spiro atoms. The summed E-state index contributed by atoms with van der Waals surface area (Å²) in [5.41, 5.74) is 1.99. The Labute approximate surface area is 228 Å². The number of Topliss-reactive ketones (excluding diaryl/α,β-unsaturated/α-hetero) is 2. The van der Waals surface area contributed by atoms with E-state index in [9.17, 15) is 19.8 Å². The molecule has 0 saturated carbocycles. The molecule has 7 heteroatoms. The molecule has 0 radical (unpaired) electrons. The molecule has 38 heavy (non-hydrogen) atoms. The predicted octanol–water partition coefficient (Wildman–Crippen LogP) is 6.74. The zero-order valence-corrected chi connectivity index (χ0v) is 23.5. The van der Waals surface area contributed by atoms with Crippen LogP contribution < -0.4 is 4.90 Å². The molecule has 0 bridgehead atoms. The molecule has 202 valence electrons. The summed E-state index contributed by atoms with van der Waals surface area (Å²) in [5.74, 6) is -1.04. The van der Waals surface area contributed by atoms with E-state index >= 15 is 0 Å². The highest BCUT2D eigenvalue weighted by molar-refractivity contribution is 7.15. The summed E-state index contributed by atoms with van der Waals surface area (Å²) in [6.07, 6.45) is 1.29. The Hall–Kier alpha value is -2.90. The largest absolute Gasteiger partial charge is 0.512 e. The van der Waals surface area contributed by atoms with Gasteiger partial charge >= 0.3 is 0 Å². The number of ketones is 2. The smallest absolute Gasteiger partial charge is 0.163 e. The number of nitrogens with zero attached hydrogens (tertiary/aromatic N) is 1. The van der Waals surface area contributed by atoms with Crippen molar-refractivity contribution in [1.82, 2.24) is 0 Å². The van der Waals surface area contributed by atoms with Crippen LogP contribution in [0.15, 0.2) is 59.1 Å². The quantitative estimate of drug-likeness (QED) is 0.441. The Bertz CT molecular complexity index is 1270. The third-order valence-electron chi connectivity index (χ3n) is 7.79. The second kappa shape index (κ2) is 10.0. The van der Waals surface area contributed by atoms with Crippen LogP contribution in [0.5, 0.6) is 0 Å². The van der Waals surface area contributed by atoms with Crippen LogP contribution >= 0.6 is 11.3 Å². The molecule has 0 atom stereocenters. The van der Waals surface area contributed by atoms with Gasteiger partial charge in [-0.15, -0.1) is 11.3 Å². The second-order valence-corrected chi connectivity index (χ2v) is 13.5. The van der Waals surface area contributed by atoms with Gasteiger partial charge in [0.05, 0.1) is 19.1 Å². The van der Waals surface area contributed by atoms with Gasteiger partial charge in [0.2, 0.25) is 0 Å². The SMILES string of the molecule is CC1(C)CC(=O)C(C(C2=C(O)CC(C)(C)CC2=O)c2ccc(-c3cccc(N4CCOCC4)c3)s2)=C(O)C1. The molecule has 0 unspecified atom stereocenters. The maximum Gasteiger partial charge on any atom is 0.163 e. The van der Waals surface area contributed by atoms with Crippen LogP contribution in [0, 0.1) is 10.8 Å². The molecule has 1 aromatic carbocycles. The van der Waals surface area contributed by atoms with E-state index in [1.54, 1.807) is 0 Å². The summed E-state index contributed by atoms with van der Waals surface area (Å²) in [7, 11) is 0. The third-order valence-corrected chi connectivity index (χ3v) is 8.99. The number of thiophene rings is 1. The van der Waals surface area contributed by atoms with Crippen molar-refractivity contribution in [3.8, 4) is 10.4 Å². The molecule has 1 aliphatic heterocycles. The number of rotatable bonds is 5. The van der Waals surface area contributed by atoms with Crippen molar-refractivity contribution >= 4 is 28.6 Å². The van der Waals surface area contributed by atoms with Gasteiger partial charge in [0.1, 0.15) is 11.5 Å². The number of allylic oxidation sites excluding steroid dienone is 4. The molecule has 2 heterocycles. The highest BCUT2D eigenvalue weighted by Gasteiger charge is 2.44. The van der Waals surface area contributed by atoms with Gasteiger partial charge in [-0.25, -0.2) is 0 Å². The van der Waals surface area contributed by atoms with Crippen molar-refractivity contribution in [3.63, 3.8) is 0 Å². The number of morpholine rings is 1. The fourth-order valence-electron chi connectivity index (χ4n) is 6.03. The van der Waals surface area contributed by atoms with E-state index in [0.29, 0.717) is 26.1 Å². The fraction of sp³-hybridized carbons (Fsp3) is 0.484. The molecule has 2 aromatic rings. The van der Waals surface area contributed by atoms with Gasteiger partial charge in [0.25, 0.3) is 0 Å². The first-order valence-corrected chi connectivity index (χ1v) is 14.2. The van der Waals surface area contributed by atoms with E-state index in [2.05, 4.69) is 23.1 Å². The van der Waals surface area contributed by atoms with Gasteiger partial charge in [-0.2, -0.15) is 0 Å². The molecule has 6 nitrogen and oxygen atoms in total. The van der Waals surface area contributed by atoms with Gasteiger partial charge in [-0.1, -0.05) is 39.8 Å². The summed E-state index contributed by atoms with van der Waals surface area (Å²) < 4.78 is 5.50. The van der Waals surface area contributed by atoms with Gasteiger partial charge in [0.15, 0.2) is 11.6 Å². The summed E-state index contributed by atoms with van der Waals surface area (Å²) in [4.78, 5) is 31.0. The zero-order chi connectivity index (χ0) is 27.2. The lowest BCUT2D eigenvalue weighted by molar-refractivity contribution is -0.119. The number of carbonyl (C=O) groups excluding carboxylic acids is 2. The summed E-state index contributed by atoms with van der Waals surface area (Å²) >= 11 is 1.51. The van der Waals surface area contributed by atoms with Crippen LogP contribution in [0.3, 0.4) is 0 Å². The number of aliphatic hydroxyl groups is 2. The highest BCUT2D eigenvalue weighted by atomic mass is 32.1. The minimum absolute atomic E-state index is 0.0263. The van der Waals surface area contributed by atoms with E-state index in [4.69, 9.17) is 4.74 Å². The third kappa shape index (κ3) is 5.32. The van der Waals surface area contributed by atoms with Gasteiger partial charge in [0, 0.05) is 65.4 Å². The summed E-state index contributed by atoms with van der Waals surface area (Å²) in [6, 6.07) is 12.3. The van der Waals surface area contributed by atoms with Crippen molar-refractivity contribution in [2.24, 2.45) is 10.8 Å². The van der Waals surface area contributed by atoms with E-state index in [1.165, 1.54) is 11.3 Å². The van der Waals surface area contributed by atoms with Gasteiger partial charge in [-0.05, 0) is 40.7 Å². The number of benzene rings is 1. The van der Waals surface area contributed by atoms with Crippen molar-refractivity contribution in [2.75, 3.05) is 31.2 Å². The Morgan fingerprint density at radius 3 is 1.97 bits per heavy atom. The lowest BCUT2D eigenvalue weighted by Crippen LogP contribution is -2.36. The van der Waals surface area contributed by atoms with Crippen LogP contribution in [0.4, 0.5) is 5.69 Å². The zero-order valence-electron chi connectivity index (χ0n) is 22.7. The molecule has 2 N–H and O–H groups in total. The lowest BCUT2D eigenvalue weighted by Gasteiger charge is -2.36. The number of aliphatic hydroxyl groups excluding tert-OH is 2. The number of ether oxygens (including phenoxy) is 1. The molecule has 5 rings (SSSR count). The normalized spacial score (nSPS) is 22.0. The average molecular weight is 536 g/mol. The molecule has 3 aliphatic rings. The average Bonchev–Trinajstić information content (AvgIpc) is 3.31. The Kier molecular flexibility index (Phi) is 7.03. The number of carbonyl (C=O) groups is 2. The Balaban J connectivity index is 1.59. The Morgan fingerprint density at radius 1 is 0.842 bits per heavy atom. The van der Waals surface area contributed by atoms with Crippen molar-refractivity contribution in [3.05, 3.63) is 63.9 Å². The van der Waals surface area contributed by atoms with Crippen LogP contribution in [-0.2, 0) is 14.3 Å². The summed E-state index contributed by atoms with van der Waals surface area (Å²) in [6.45, 7) is 11.0. The molecule has 2 aliphatic carbocycles. The minimum Gasteiger partial charge on any atom is -0.512 e. The van der Waals surface area contributed by atoms with E-state index in [-0.39, 0.29) is 57.9 Å². The fourth-order valence-corrected chi connectivity index (χ4v) is 7.15. The molecule has 0 amide bonds. The number of hydrogen-bond acceptors (Lipinski definition) is 7. The maximum atomic E-state index is 13.5. The highest BCUT2D eigenvalue weighted by Crippen LogP contribution is 2.49. The maximum absolute atomic E-state index is 13.5. The van der Waals surface area contributed by atoms with E-state index in [1.807, 2.05) is 45.9 Å². The van der Waals surface area contributed by atoms with Gasteiger partial charge < -0.3 is 19.8 Å². The minimum atomic E-state index is -0.775. The van der Waals surface area contributed by atoms with Crippen molar-refractivity contribution < 1.29 is 24.5 Å². The first-order chi connectivity index (χ1) is 17.9. The standard InChI is InChI=1S/C31H37NO5S/c1-30(2)15-21(33)27(22(34)16-30)29(28-23(35)17-31(3,4)18-24(28)36)26-9-8-25(38-26)19-6-5-7-20(14-19)32-10-12-37-13-11-32/h5-9,14,29,33,35H,10-13,15-18H2,1-4H3. The molecule has 1 fully saturated rings. The molecular formula is C31H37NO5S. The summed E-state index contributed by atoms with van der Waals surface area (Å²) in [5, 5.41) is 22.3. The lowest BCUT2D eigenvalue weighted by atomic mass is 9.68. The van der Waals surface area contributed by atoms with Gasteiger partial charge in [-0.3, -0.25) is 9.59 Å². The number of anilines is 1. The molecule has 1 saturated heterocycles. The second-order valence-electron chi connectivity index (χ2n) is 12.4. The number of hydrogen-bond donors (Lipinski definition) is 2. The topological polar surface area (TPSA) is 87.1 Å². The predicted molar refractivity (Wildman–Crippen MR) is 151 cm³/mol. The van der Waals surface area contributed by atoms with Crippen LogP contribution in [-0.4, -0.2) is 48.1 Å². The first-order valence-electron chi connectivity index (χ1n) is 13.4.